The van der Waals surface area contributed by atoms with Gasteiger partial charge in [-0.25, -0.2) is 4.79 Å². The average Bonchev–Trinajstić information content (AvgIpc) is 3.46. The van der Waals surface area contributed by atoms with E-state index in [1.54, 1.807) is 0 Å². The van der Waals surface area contributed by atoms with Gasteiger partial charge in [0.1, 0.15) is 4.88 Å². The van der Waals surface area contributed by atoms with Crippen LogP contribution in [-0.2, 0) is 11.2 Å². The fraction of sp³-hybridized carbons (Fsp3) is 0.481. The van der Waals surface area contributed by atoms with Crippen molar-refractivity contribution >= 4 is 22.9 Å². The van der Waals surface area contributed by atoms with Gasteiger partial charge in [-0.3, -0.25) is 0 Å². The number of aliphatic hydroxyl groups excluding tert-OH is 1. The molecule has 1 aromatic heterocycles. The van der Waals surface area contributed by atoms with Crippen LogP contribution in [0.4, 0.5) is 0 Å². The van der Waals surface area contributed by atoms with E-state index in [2.05, 4.69) is 25.1 Å². The van der Waals surface area contributed by atoms with Crippen LogP contribution in [0.3, 0.4) is 0 Å². The highest BCUT2D eigenvalue weighted by molar-refractivity contribution is 7.13. The molecule has 2 atom stereocenters. The summed E-state index contributed by atoms with van der Waals surface area (Å²) in [6.07, 6.45) is 8.52. The zero-order valence-electron chi connectivity index (χ0n) is 19.1. The van der Waals surface area contributed by atoms with Gasteiger partial charge in [0.05, 0.1) is 19.3 Å². The molecular weight excluding hydrogens is 418 g/mol. The third kappa shape index (κ3) is 6.09. The Kier molecular flexibility index (Phi) is 9.08. The number of carbonyl (C=O) groups is 1. The Morgan fingerprint density at radius 1 is 1.22 bits per heavy atom. The molecular formula is C27H33NO3S. The van der Waals surface area contributed by atoms with E-state index in [0.29, 0.717) is 10.8 Å². The Balaban J connectivity index is 1.62. The van der Waals surface area contributed by atoms with Crippen LogP contribution < -0.4 is 0 Å². The number of benzene rings is 1. The number of nitriles is 1. The Bertz CT molecular complexity index is 968. The number of hydrogen-bond acceptors (Lipinski definition) is 5. The van der Waals surface area contributed by atoms with Gasteiger partial charge in [-0.2, -0.15) is 5.26 Å². The quantitative estimate of drug-likeness (QED) is 0.299. The molecule has 4 nitrogen and oxygen atoms in total. The third-order valence-electron chi connectivity index (χ3n) is 6.32. The number of nitrogens with zero attached hydrogens (tertiary/aromatic N) is 1. The van der Waals surface area contributed by atoms with Gasteiger partial charge < -0.3 is 9.84 Å². The van der Waals surface area contributed by atoms with Gasteiger partial charge in [0.2, 0.25) is 0 Å². The fourth-order valence-electron chi connectivity index (χ4n) is 4.54. The van der Waals surface area contributed by atoms with E-state index in [-0.39, 0.29) is 5.97 Å². The number of allylic oxidation sites excluding steroid dienone is 2. The molecule has 0 amide bonds. The number of rotatable bonds is 11. The second kappa shape index (κ2) is 12.0. The van der Waals surface area contributed by atoms with Crippen molar-refractivity contribution in [1.29, 1.82) is 5.26 Å². The van der Waals surface area contributed by atoms with E-state index in [0.717, 1.165) is 74.5 Å². The van der Waals surface area contributed by atoms with Crippen molar-refractivity contribution in [2.24, 2.45) is 5.92 Å². The highest BCUT2D eigenvalue weighted by Crippen LogP contribution is 2.41. The molecule has 0 saturated carbocycles. The molecule has 170 valence electrons. The second-order valence-electron chi connectivity index (χ2n) is 8.52. The lowest BCUT2D eigenvalue weighted by molar-refractivity contribution is 0.0606. The molecule has 0 fully saturated rings. The Labute approximate surface area is 195 Å². The number of aryl methyl sites for hydroxylation is 1. The topological polar surface area (TPSA) is 70.3 Å². The van der Waals surface area contributed by atoms with Crippen LogP contribution in [0, 0.1) is 17.2 Å². The predicted octanol–water partition coefficient (Wildman–Crippen LogP) is 6.86. The Hall–Kier alpha value is -2.42. The summed E-state index contributed by atoms with van der Waals surface area (Å²) in [6, 6.07) is 14.4. The van der Waals surface area contributed by atoms with E-state index in [1.165, 1.54) is 28.9 Å². The first-order valence-corrected chi connectivity index (χ1v) is 12.5. The van der Waals surface area contributed by atoms with E-state index in [4.69, 9.17) is 4.74 Å². The molecule has 5 heteroatoms. The van der Waals surface area contributed by atoms with Gasteiger partial charge in [-0.1, -0.05) is 50.5 Å². The molecule has 1 aliphatic carbocycles. The Morgan fingerprint density at radius 2 is 2.00 bits per heavy atom. The summed E-state index contributed by atoms with van der Waals surface area (Å²) >= 11 is 1.50. The van der Waals surface area contributed by atoms with Crippen LogP contribution >= 0.6 is 11.3 Å². The maximum atomic E-state index is 11.6. The SMILES string of the molecule is CCCCC[C@@H](O)c1ccc(C2=C(C#N)CC[C@@H]2CCCc2ccc(C(=O)OC)s2)cc1. The maximum Gasteiger partial charge on any atom is 0.348 e. The minimum absolute atomic E-state index is 0.278. The first-order chi connectivity index (χ1) is 15.6. The van der Waals surface area contributed by atoms with Crippen molar-refractivity contribution in [3.8, 4) is 6.07 Å². The molecule has 0 bridgehead atoms. The predicted molar refractivity (Wildman–Crippen MR) is 129 cm³/mol. The lowest BCUT2D eigenvalue weighted by Gasteiger charge is -2.17. The van der Waals surface area contributed by atoms with Gasteiger partial charge >= 0.3 is 5.97 Å². The lowest BCUT2D eigenvalue weighted by atomic mass is 9.88. The van der Waals surface area contributed by atoms with Crippen molar-refractivity contribution < 1.29 is 14.6 Å². The van der Waals surface area contributed by atoms with E-state index in [9.17, 15) is 15.2 Å². The van der Waals surface area contributed by atoms with Crippen molar-refractivity contribution in [2.75, 3.05) is 7.11 Å². The van der Waals surface area contributed by atoms with Gasteiger partial charge in [0.15, 0.2) is 0 Å². The summed E-state index contributed by atoms with van der Waals surface area (Å²) in [4.78, 5) is 13.5. The molecule has 1 aliphatic rings. The zero-order chi connectivity index (χ0) is 22.9. The van der Waals surface area contributed by atoms with Crippen LogP contribution in [0.1, 0.15) is 90.1 Å². The highest BCUT2D eigenvalue weighted by Gasteiger charge is 2.26. The summed E-state index contributed by atoms with van der Waals surface area (Å²) in [5.41, 5.74) is 4.14. The van der Waals surface area contributed by atoms with E-state index in [1.807, 2.05) is 24.3 Å². The molecule has 0 radical (unpaired) electrons. The smallest absolute Gasteiger partial charge is 0.348 e. The van der Waals surface area contributed by atoms with Gasteiger partial charge in [-0.15, -0.1) is 11.3 Å². The summed E-state index contributed by atoms with van der Waals surface area (Å²) in [5, 5.41) is 20.1. The molecule has 1 heterocycles. The molecule has 0 aliphatic heterocycles. The number of methoxy groups -OCH3 is 1. The minimum Gasteiger partial charge on any atom is -0.465 e. The monoisotopic (exact) mass is 451 g/mol. The third-order valence-corrected chi connectivity index (χ3v) is 7.45. The van der Waals surface area contributed by atoms with Gasteiger partial charge in [0, 0.05) is 10.5 Å². The fourth-order valence-corrected chi connectivity index (χ4v) is 5.51. The first-order valence-electron chi connectivity index (χ1n) is 11.7. The van der Waals surface area contributed by atoms with Crippen LogP contribution in [0.5, 0.6) is 0 Å². The van der Waals surface area contributed by atoms with Crippen LogP contribution in [0.15, 0.2) is 42.0 Å². The minimum atomic E-state index is -0.417. The van der Waals surface area contributed by atoms with Gasteiger partial charge in [-0.05, 0) is 73.3 Å². The number of ether oxygens (including phenoxy) is 1. The number of esters is 1. The normalized spacial score (nSPS) is 16.8. The number of aliphatic hydroxyl groups is 1. The van der Waals surface area contributed by atoms with Crippen LogP contribution in [-0.4, -0.2) is 18.2 Å². The number of thiophene rings is 1. The van der Waals surface area contributed by atoms with Gasteiger partial charge in [0.25, 0.3) is 0 Å². The number of carbonyl (C=O) groups excluding carboxylic acids is 1. The van der Waals surface area contributed by atoms with E-state index < -0.39 is 6.10 Å². The largest absolute Gasteiger partial charge is 0.465 e. The molecule has 32 heavy (non-hydrogen) atoms. The molecule has 0 spiro atoms. The molecule has 1 N–H and O–H groups in total. The molecule has 1 aromatic carbocycles. The molecule has 3 rings (SSSR count). The average molecular weight is 452 g/mol. The van der Waals surface area contributed by atoms with E-state index >= 15 is 0 Å². The molecule has 0 saturated heterocycles. The summed E-state index contributed by atoms with van der Waals surface area (Å²) in [7, 11) is 1.40. The summed E-state index contributed by atoms with van der Waals surface area (Å²) in [6.45, 7) is 2.17. The first kappa shape index (κ1) is 24.2. The lowest BCUT2D eigenvalue weighted by Crippen LogP contribution is -2.02. The number of hydrogen-bond donors (Lipinski definition) is 1. The van der Waals surface area contributed by atoms with Crippen molar-refractivity contribution in [3.63, 3.8) is 0 Å². The molecule has 2 aromatic rings. The van der Waals surface area contributed by atoms with Crippen LogP contribution in [0.25, 0.3) is 5.57 Å². The summed E-state index contributed by atoms with van der Waals surface area (Å²) in [5.74, 6) is 0.102. The summed E-state index contributed by atoms with van der Waals surface area (Å²) < 4.78 is 4.79. The Morgan fingerprint density at radius 3 is 2.69 bits per heavy atom. The number of unbranched alkanes of at least 4 members (excludes halogenated alkanes) is 2. The maximum absolute atomic E-state index is 11.6. The highest BCUT2D eigenvalue weighted by atomic mass is 32.1. The van der Waals surface area contributed by atoms with Crippen molar-refractivity contribution in [1.82, 2.24) is 0 Å². The van der Waals surface area contributed by atoms with Crippen molar-refractivity contribution in [3.05, 3.63) is 62.9 Å². The van der Waals surface area contributed by atoms with Crippen molar-refractivity contribution in [2.45, 2.75) is 70.8 Å². The molecule has 0 unspecified atom stereocenters. The van der Waals surface area contributed by atoms with Crippen LogP contribution in [0.2, 0.25) is 0 Å². The second-order valence-corrected chi connectivity index (χ2v) is 9.69. The standard InChI is InChI=1S/C27H33NO3S/c1-3-4-5-9-24(29)19-10-12-21(13-11-19)26-20(14-15-22(26)18-28)7-6-8-23-16-17-25(32-23)27(30)31-2/h10-13,16-17,20,24,29H,3-9,14-15H2,1-2H3/t20-,24+/m0/s1. The zero-order valence-corrected chi connectivity index (χ0v) is 19.9.